The van der Waals surface area contributed by atoms with Crippen LogP contribution in [0.4, 0.5) is 0 Å². The molecule has 5 nitrogen and oxygen atoms in total. The Hall–Kier alpha value is -2.05. The van der Waals surface area contributed by atoms with Crippen LogP contribution in [0.25, 0.3) is 0 Å². The highest BCUT2D eigenvalue weighted by atomic mass is 32.1. The predicted octanol–water partition coefficient (Wildman–Crippen LogP) is 3.68. The first-order valence-corrected chi connectivity index (χ1v) is 10.3. The maximum absolute atomic E-state index is 12.7. The zero-order chi connectivity index (χ0) is 19.2. The summed E-state index contributed by atoms with van der Waals surface area (Å²) < 4.78 is 10.7. The number of hydrogen-bond donors (Lipinski definition) is 0. The predicted molar refractivity (Wildman–Crippen MR) is 109 cm³/mol. The molecule has 0 aliphatic carbocycles. The fraction of sp³-hybridized carbons (Fsp3) is 0.476. The zero-order valence-electron chi connectivity index (χ0n) is 16.4. The fourth-order valence-electron chi connectivity index (χ4n) is 3.50. The van der Waals surface area contributed by atoms with E-state index in [9.17, 15) is 4.79 Å². The number of methoxy groups -OCH3 is 2. The van der Waals surface area contributed by atoms with Crippen molar-refractivity contribution < 1.29 is 14.3 Å². The number of carbonyl (C=O) groups is 1. The van der Waals surface area contributed by atoms with Gasteiger partial charge in [-0.15, -0.1) is 11.3 Å². The second-order valence-corrected chi connectivity index (χ2v) is 7.96. The van der Waals surface area contributed by atoms with E-state index in [-0.39, 0.29) is 5.91 Å². The van der Waals surface area contributed by atoms with Crippen molar-refractivity contribution in [2.24, 2.45) is 0 Å². The molecule has 0 radical (unpaired) electrons. The summed E-state index contributed by atoms with van der Waals surface area (Å²) in [4.78, 5) is 18.4. The van der Waals surface area contributed by atoms with Crippen LogP contribution >= 0.6 is 11.3 Å². The highest BCUT2D eigenvalue weighted by molar-refractivity contribution is 7.09. The smallest absolute Gasteiger partial charge is 0.254 e. The lowest BCUT2D eigenvalue weighted by molar-refractivity contribution is 0.0772. The summed E-state index contributed by atoms with van der Waals surface area (Å²) >= 11 is 1.83. The molecule has 0 saturated carbocycles. The van der Waals surface area contributed by atoms with Crippen molar-refractivity contribution in [1.29, 1.82) is 0 Å². The van der Waals surface area contributed by atoms with E-state index in [1.54, 1.807) is 20.3 Å². The maximum atomic E-state index is 12.7. The second-order valence-electron chi connectivity index (χ2n) is 6.93. The number of nitrogens with zero attached hydrogens (tertiary/aromatic N) is 2. The van der Waals surface area contributed by atoms with Gasteiger partial charge in [0.1, 0.15) is 0 Å². The molecule has 1 aliphatic rings. The molecule has 1 aromatic carbocycles. The lowest BCUT2D eigenvalue weighted by atomic mass is 10.1. The third-order valence-electron chi connectivity index (χ3n) is 5.00. The van der Waals surface area contributed by atoms with E-state index >= 15 is 0 Å². The third-order valence-corrected chi connectivity index (χ3v) is 5.94. The third kappa shape index (κ3) is 4.82. The van der Waals surface area contributed by atoms with Crippen molar-refractivity contribution in [3.8, 4) is 11.5 Å². The van der Waals surface area contributed by atoms with E-state index in [1.165, 1.54) is 11.3 Å². The average molecular weight is 389 g/mol. The Morgan fingerprint density at radius 1 is 1.15 bits per heavy atom. The molecule has 0 fully saturated rings. The number of ether oxygens (including phenoxy) is 2. The van der Waals surface area contributed by atoms with Crippen molar-refractivity contribution in [2.45, 2.75) is 25.8 Å². The minimum absolute atomic E-state index is 0.0892. The summed E-state index contributed by atoms with van der Waals surface area (Å²) in [6.45, 7) is 3.50. The topological polar surface area (TPSA) is 42.0 Å². The minimum Gasteiger partial charge on any atom is -0.493 e. The molecule has 2 aromatic rings. The molecule has 0 spiro atoms. The van der Waals surface area contributed by atoms with Gasteiger partial charge in [-0.3, -0.25) is 4.79 Å². The number of rotatable bonds is 10. The van der Waals surface area contributed by atoms with Crippen LogP contribution in [-0.4, -0.2) is 56.6 Å². The Kier molecular flexibility index (Phi) is 6.74. The van der Waals surface area contributed by atoms with Crippen molar-refractivity contribution in [2.75, 3.05) is 40.9 Å². The Morgan fingerprint density at radius 3 is 2.59 bits per heavy atom. The number of aryl methyl sites for hydroxylation is 1. The van der Waals surface area contributed by atoms with Crippen LogP contribution in [0.2, 0.25) is 0 Å². The fourth-order valence-corrected chi connectivity index (χ4v) is 4.25. The van der Waals surface area contributed by atoms with E-state index in [0.29, 0.717) is 18.0 Å². The van der Waals surface area contributed by atoms with E-state index in [0.717, 1.165) is 43.6 Å². The first-order valence-electron chi connectivity index (χ1n) is 9.37. The maximum Gasteiger partial charge on any atom is 0.254 e. The molecule has 6 heteroatoms. The standard InChI is InChI=1S/C21H28N2O3S/c1-22(9-4-7-17-8-5-12-27-17)10-6-11-23-15-16-13-19(25-2)20(26-3)14-18(16)21(23)24/h5,8,12-14H,4,6-7,9-11,15H2,1-3H3. The van der Waals surface area contributed by atoms with E-state index in [2.05, 4.69) is 29.5 Å². The minimum atomic E-state index is 0.0892. The van der Waals surface area contributed by atoms with Gasteiger partial charge in [-0.25, -0.2) is 0 Å². The summed E-state index contributed by atoms with van der Waals surface area (Å²) in [6, 6.07) is 8.03. The van der Waals surface area contributed by atoms with Gasteiger partial charge in [-0.2, -0.15) is 0 Å². The number of thiophene rings is 1. The first kappa shape index (κ1) is 19.7. The van der Waals surface area contributed by atoms with Gasteiger partial charge in [-0.05, 0) is 68.5 Å². The number of benzene rings is 1. The summed E-state index contributed by atoms with van der Waals surface area (Å²) in [5, 5.41) is 2.13. The normalized spacial score (nSPS) is 13.3. The van der Waals surface area contributed by atoms with Gasteiger partial charge in [0.15, 0.2) is 11.5 Å². The Labute approximate surface area is 165 Å². The summed E-state index contributed by atoms with van der Waals surface area (Å²) in [6.07, 6.45) is 3.29. The van der Waals surface area contributed by atoms with Crippen molar-refractivity contribution in [3.05, 3.63) is 45.6 Å². The van der Waals surface area contributed by atoms with Crippen LogP contribution in [0, 0.1) is 0 Å². The van der Waals surface area contributed by atoms with Gasteiger partial charge in [0.05, 0.1) is 14.2 Å². The van der Waals surface area contributed by atoms with E-state index in [1.807, 2.05) is 22.3 Å². The van der Waals surface area contributed by atoms with Gasteiger partial charge < -0.3 is 19.3 Å². The lowest BCUT2D eigenvalue weighted by Crippen LogP contribution is -2.29. The highest BCUT2D eigenvalue weighted by Gasteiger charge is 2.29. The molecular weight excluding hydrogens is 360 g/mol. The monoisotopic (exact) mass is 388 g/mol. The van der Waals surface area contributed by atoms with E-state index in [4.69, 9.17) is 9.47 Å². The van der Waals surface area contributed by atoms with Crippen molar-refractivity contribution >= 4 is 17.2 Å². The van der Waals surface area contributed by atoms with Gasteiger partial charge in [-0.1, -0.05) is 6.07 Å². The molecule has 0 N–H and O–H groups in total. The largest absolute Gasteiger partial charge is 0.493 e. The number of carbonyl (C=O) groups excluding carboxylic acids is 1. The Morgan fingerprint density at radius 2 is 1.89 bits per heavy atom. The van der Waals surface area contributed by atoms with Crippen LogP contribution in [0.3, 0.4) is 0 Å². The SMILES string of the molecule is COc1cc2c(cc1OC)C(=O)N(CCCN(C)CCCc1cccs1)C2. The Balaban J connectivity index is 1.44. The molecular formula is C21H28N2O3S. The average Bonchev–Trinajstić information content (AvgIpc) is 3.29. The second kappa shape index (κ2) is 9.24. The van der Waals surface area contributed by atoms with Crippen LogP contribution in [0.1, 0.15) is 33.6 Å². The van der Waals surface area contributed by atoms with Crippen LogP contribution in [0.5, 0.6) is 11.5 Å². The lowest BCUT2D eigenvalue weighted by Gasteiger charge is -2.20. The molecule has 1 aliphatic heterocycles. The molecule has 0 unspecified atom stereocenters. The highest BCUT2D eigenvalue weighted by Crippen LogP contribution is 2.34. The van der Waals surface area contributed by atoms with E-state index < -0.39 is 0 Å². The number of hydrogen-bond acceptors (Lipinski definition) is 5. The summed E-state index contributed by atoms with van der Waals surface area (Å²) in [5.41, 5.74) is 1.75. The van der Waals surface area contributed by atoms with Gasteiger partial charge in [0, 0.05) is 23.5 Å². The van der Waals surface area contributed by atoms with Crippen molar-refractivity contribution in [3.63, 3.8) is 0 Å². The number of amides is 1. The molecule has 3 rings (SSSR count). The van der Waals surface area contributed by atoms with Crippen LogP contribution < -0.4 is 9.47 Å². The quantitative estimate of drug-likeness (QED) is 0.623. The number of fused-ring (bicyclic) bond motifs is 1. The van der Waals surface area contributed by atoms with Gasteiger partial charge >= 0.3 is 0 Å². The summed E-state index contributed by atoms with van der Waals surface area (Å²) in [5.74, 6) is 1.37. The molecule has 0 atom stereocenters. The molecule has 2 heterocycles. The van der Waals surface area contributed by atoms with Crippen LogP contribution in [0.15, 0.2) is 29.6 Å². The van der Waals surface area contributed by atoms with Gasteiger partial charge in [0.25, 0.3) is 5.91 Å². The van der Waals surface area contributed by atoms with Crippen LogP contribution in [-0.2, 0) is 13.0 Å². The molecule has 1 aromatic heterocycles. The molecule has 146 valence electrons. The zero-order valence-corrected chi connectivity index (χ0v) is 17.2. The molecule has 1 amide bonds. The summed E-state index contributed by atoms with van der Waals surface area (Å²) in [7, 11) is 5.37. The molecule has 0 saturated heterocycles. The Bertz CT molecular complexity index is 761. The molecule has 0 bridgehead atoms. The first-order chi connectivity index (χ1) is 13.1. The van der Waals surface area contributed by atoms with Gasteiger partial charge in [0.2, 0.25) is 0 Å². The van der Waals surface area contributed by atoms with Crippen molar-refractivity contribution in [1.82, 2.24) is 9.80 Å². The molecule has 27 heavy (non-hydrogen) atoms.